The van der Waals surface area contributed by atoms with E-state index in [9.17, 15) is 17.6 Å². The van der Waals surface area contributed by atoms with Gasteiger partial charge in [0.05, 0.1) is 0 Å². The molecule has 114 valence electrons. The SMILES string of the molecule is CC1CC(F)C(F)C(F)C1.CC1CCC(C)C(F)C1. The highest BCUT2D eigenvalue weighted by molar-refractivity contribution is 4.85. The molecule has 2 fully saturated rings. The van der Waals surface area contributed by atoms with E-state index in [1.54, 1.807) is 6.92 Å². The van der Waals surface area contributed by atoms with E-state index in [0.717, 1.165) is 12.8 Å². The molecule has 0 aromatic heterocycles. The molecule has 2 aliphatic carbocycles. The van der Waals surface area contributed by atoms with Crippen molar-refractivity contribution < 1.29 is 17.6 Å². The molecule has 0 saturated heterocycles. The van der Waals surface area contributed by atoms with Gasteiger partial charge in [-0.1, -0.05) is 27.2 Å². The molecule has 19 heavy (non-hydrogen) atoms. The summed E-state index contributed by atoms with van der Waals surface area (Å²) in [5.74, 6) is 0.925. The second-order valence-corrected chi connectivity index (χ2v) is 6.46. The van der Waals surface area contributed by atoms with Gasteiger partial charge in [0.15, 0.2) is 6.17 Å². The van der Waals surface area contributed by atoms with Gasteiger partial charge in [-0.3, -0.25) is 0 Å². The summed E-state index contributed by atoms with van der Waals surface area (Å²) in [5, 5.41) is 0. The highest BCUT2D eigenvalue weighted by Gasteiger charge is 2.36. The summed E-state index contributed by atoms with van der Waals surface area (Å²) in [6.45, 7) is 5.89. The van der Waals surface area contributed by atoms with Gasteiger partial charge in [-0.05, 0) is 43.4 Å². The van der Waals surface area contributed by atoms with Crippen molar-refractivity contribution >= 4 is 0 Å². The molecule has 0 aromatic carbocycles. The van der Waals surface area contributed by atoms with Crippen LogP contribution < -0.4 is 0 Å². The van der Waals surface area contributed by atoms with E-state index in [1.807, 2.05) is 6.92 Å². The maximum absolute atomic E-state index is 12.8. The van der Waals surface area contributed by atoms with Crippen LogP contribution in [0.15, 0.2) is 0 Å². The van der Waals surface area contributed by atoms with Crippen LogP contribution in [0.2, 0.25) is 0 Å². The Hall–Kier alpha value is -0.280. The van der Waals surface area contributed by atoms with E-state index in [2.05, 4.69) is 6.92 Å². The summed E-state index contributed by atoms with van der Waals surface area (Å²) < 4.78 is 50.1. The van der Waals surface area contributed by atoms with E-state index in [1.165, 1.54) is 6.42 Å². The van der Waals surface area contributed by atoms with Gasteiger partial charge in [0.1, 0.15) is 18.5 Å². The molecule has 0 aromatic rings. The number of halogens is 4. The first-order valence-corrected chi connectivity index (χ1v) is 7.37. The average Bonchev–Trinajstić information content (AvgIpc) is 2.32. The molecular weight excluding hydrogens is 256 g/mol. The average molecular weight is 282 g/mol. The third-order valence-electron chi connectivity index (χ3n) is 4.31. The van der Waals surface area contributed by atoms with Gasteiger partial charge in [0.25, 0.3) is 0 Å². The van der Waals surface area contributed by atoms with E-state index in [-0.39, 0.29) is 18.8 Å². The van der Waals surface area contributed by atoms with Crippen molar-refractivity contribution in [2.45, 2.75) is 77.6 Å². The van der Waals surface area contributed by atoms with Crippen molar-refractivity contribution in [3.05, 3.63) is 0 Å². The van der Waals surface area contributed by atoms with Crippen LogP contribution >= 0.6 is 0 Å². The zero-order valence-electron chi connectivity index (χ0n) is 12.1. The molecule has 0 nitrogen and oxygen atoms in total. The predicted octanol–water partition coefficient (Wildman–Crippen LogP) is 5.21. The van der Waals surface area contributed by atoms with E-state index >= 15 is 0 Å². The Morgan fingerprint density at radius 1 is 0.632 bits per heavy atom. The van der Waals surface area contributed by atoms with Crippen LogP contribution in [-0.4, -0.2) is 24.7 Å². The predicted molar refractivity (Wildman–Crippen MR) is 70.2 cm³/mol. The summed E-state index contributed by atoms with van der Waals surface area (Å²) in [5.41, 5.74) is 0. The van der Waals surface area contributed by atoms with Gasteiger partial charge in [-0.2, -0.15) is 0 Å². The van der Waals surface area contributed by atoms with Crippen LogP contribution in [0.3, 0.4) is 0 Å². The first-order chi connectivity index (χ1) is 8.81. The Morgan fingerprint density at radius 3 is 1.53 bits per heavy atom. The monoisotopic (exact) mass is 282 g/mol. The Kier molecular flexibility index (Phi) is 6.61. The zero-order valence-corrected chi connectivity index (χ0v) is 12.1. The first-order valence-electron chi connectivity index (χ1n) is 7.37. The van der Waals surface area contributed by atoms with Crippen molar-refractivity contribution in [3.8, 4) is 0 Å². The van der Waals surface area contributed by atoms with Crippen LogP contribution in [0.1, 0.15) is 52.9 Å². The molecule has 0 bridgehead atoms. The van der Waals surface area contributed by atoms with Crippen LogP contribution in [0.25, 0.3) is 0 Å². The Balaban J connectivity index is 0.000000191. The topological polar surface area (TPSA) is 0 Å². The number of hydrogen-bond donors (Lipinski definition) is 0. The van der Waals surface area contributed by atoms with E-state index in [0.29, 0.717) is 11.8 Å². The fourth-order valence-electron chi connectivity index (χ4n) is 2.81. The molecule has 2 rings (SSSR count). The fourth-order valence-corrected chi connectivity index (χ4v) is 2.81. The van der Waals surface area contributed by atoms with Gasteiger partial charge < -0.3 is 0 Å². The Morgan fingerprint density at radius 2 is 1.11 bits per heavy atom. The first kappa shape index (κ1) is 16.8. The number of alkyl halides is 4. The van der Waals surface area contributed by atoms with Crippen LogP contribution in [0.5, 0.6) is 0 Å². The largest absolute Gasteiger partial charge is 0.247 e. The van der Waals surface area contributed by atoms with Crippen LogP contribution in [-0.2, 0) is 0 Å². The maximum atomic E-state index is 12.8. The number of rotatable bonds is 0. The highest BCUT2D eigenvalue weighted by atomic mass is 19.2. The van der Waals surface area contributed by atoms with Crippen molar-refractivity contribution in [2.75, 3.05) is 0 Å². The molecule has 5 unspecified atom stereocenters. The zero-order chi connectivity index (χ0) is 14.6. The normalized spacial score (nSPS) is 47.2. The summed E-state index contributed by atoms with van der Waals surface area (Å²) >= 11 is 0. The van der Waals surface area contributed by atoms with Gasteiger partial charge in [0.2, 0.25) is 0 Å². The van der Waals surface area contributed by atoms with Crippen molar-refractivity contribution in [3.63, 3.8) is 0 Å². The fraction of sp³-hybridized carbons (Fsp3) is 1.00. The molecule has 2 saturated carbocycles. The Labute approximate surface area is 114 Å². The summed E-state index contributed by atoms with van der Waals surface area (Å²) in [4.78, 5) is 0. The maximum Gasteiger partial charge on any atom is 0.162 e. The van der Waals surface area contributed by atoms with Gasteiger partial charge in [-0.15, -0.1) is 0 Å². The standard InChI is InChI=1S/C8H15F.C7H11F3/c1-6-3-4-7(2)8(9)5-6;1-4-2-5(8)7(10)6(9)3-4/h6-8H,3-5H2,1-2H3;4-7H,2-3H2,1H3. The molecule has 5 atom stereocenters. The van der Waals surface area contributed by atoms with Crippen molar-refractivity contribution in [2.24, 2.45) is 17.8 Å². The van der Waals surface area contributed by atoms with Crippen LogP contribution in [0.4, 0.5) is 17.6 Å². The minimum Gasteiger partial charge on any atom is -0.247 e. The van der Waals surface area contributed by atoms with E-state index < -0.39 is 24.7 Å². The number of hydrogen-bond acceptors (Lipinski definition) is 0. The minimum absolute atomic E-state index is 0.0167. The minimum atomic E-state index is -1.88. The molecular formula is C15H26F4. The molecule has 4 heteroatoms. The third-order valence-corrected chi connectivity index (χ3v) is 4.31. The van der Waals surface area contributed by atoms with Crippen LogP contribution in [0, 0.1) is 17.8 Å². The molecule has 0 amide bonds. The van der Waals surface area contributed by atoms with Crippen molar-refractivity contribution in [1.82, 2.24) is 0 Å². The quantitative estimate of drug-likeness (QED) is 0.535. The Bertz CT molecular complexity index is 247. The summed E-state index contributed by atoms with van der Waals surface area (Å²) in [6.07, 6.45) is -2.13. The lowest BCUT2D eigenvalue weighted by Crippen LogP contribution is -2.36. The molecule has 0 N–H and O–H groups in total. The summed E-state index contributed by atoms with van der Waals surface area (Å²) in [7, 11) is 0. The second-order valence-electron chi connectivity index (χ2n) is 6.46. The van der Waals surface area contributed by atoms with Gasteiger partial charge in [-0.25, -0.2) is 17.6 Å². The van der Waals surface area contributed by atoms with Gasteiger partial charge >= 0.3 is 0 Å². The lowest BCUT2D eigenvalue weighted by Gasteiger charge is -2.27. The van der Waals surface area contributed by atoms with Crippen molar-refractivity contribution in [1.29, 1.82) is 0 Å². The molecule has 0 aliphatic heterocycles. The molecule has 0 heterocycles. The van der Waals surface area contributed by atoms with Gasteiger partial charge in [0, 0.05) is 0 Å². The molecule has 0 spiro atoms. The lowest BCUT2D eigenvalue weighted by molar-refractivity contribution is 0.0222. The second kappa shape index (κ2) is 7.49. The smallest absolute Gasteiger partial charge is 0.162 e. The summed E-state index contributed by atoms with van der Waals surface area (Å²) in [6, 6.07) is 0. The molecule has 2 aliphatic rings. The lowest BCUT2D eigenvalue weighted by atomic mass is 9.83. The van der Waals surface area contributed by atoms with E-state index in [4.69, 9.17) is 0 Å². The third kappa shape index (κ3) is 5.31. The highest BCUT2D eigenvalue weighted by Crippen LogP contribution is 2.31. The molecule has 0 radical (unpaired) electrons.